The van der Waals surface area contributed by atoms with E-state index in [9.17, 15) is 8.42 Å². The quantitative estimate of drug-likeness (QED) is 0.634. The van der Waals surface area contributed by atoms with Gasteiger partial charge in [0.25, 0.3) is 0 Å². The molecule has 21 heavy (non-hydrogen) atoms. The topological polar surface area (TPSA) is 64.6 Å². The molecule has 0 spiro atoms. The maximum Gasteiger partial charge on any atom is 0.240 e. The number of sulfonamides is 1. The van der Waals surface area contributed by atoms with E-state index in [-0.39, 0.29) is 0 Å². The number of hydrogen-bond acceptors (Lipinski definition) is 4. The van der Waals surface area contributed by atoms with E-state index in [1.807, 2.05) is 6.92 Å². The smallest absolute Gasteiger partial charge is 0.240 e. The summed E-state index contributed by atoms with van der Waals surface area (Å²) in [5, 5.41) is 0. The molecule has 0 atom stereocenters. The Hall–Kier alpha value is -0.470. The van der Waals surface area contributed by atoms with Gasteiger partial charge in [0.1, 0.15) is 0 Å². The molecule has 0 aliphatic heterocycles. The van der Waals surface area contributed by atoms with Crippen LogP contribution >= 0.6 is 15.9 Å². The van der Waals surface area contributed by atoms with Crippen LogP contribution in [0.15, 0.2) is 27.6 Å². The van der Waals surface area contributed by atoms with Gasteiger partial charge in [-0.05, 0) is 43.5 Å². The second-order valence-electron chi connectivity index (χ2n) is 4.62. The van der Waals surface area contributed by atoms with Crippen molar-refractivity contribution in [1.29, 1.82) is 0 Å². The molecule has 0 aromatic heterocycles. The first-order valence-corrected chi connectivity index (χ1v) is 9.07. The van der Waals surface area contributed by atoms with Crippen LogP contribution in [0.3, 0.4) is 0 Å². The van der Waals surface area contributed by atoms with Crippen LogP contribution in [0.25, 0.3) is 0 Å². The van der Waals surface area contributed by atoms with Crippen molar-refractivity contribution in [2.45, 2.75) is 24.7 Å². The van der Waals surface area contributed by atoms with E-state index in [1.54, 1.807) is 25.3 Å². The SMILES string of the molecule is COCCOCCCCNS(=O)(=O)c1ccc(Br)c(C)c1. The van der Waals surface area contributed by atoms with Gasteiger partial charge in [0.15, 0.2) is 0 Å². The Labute approximate surface area is 135 Å². The molecule has 1 rings (SSSR count). The molecule has 0 fully saturated rings. The van der Waals surface area contributed by atoms with Gasteiger partial charge in [0.05, 0.1) is 18.1 Å². The molecular weight excluding hydrogens is 358 g/mol. The molecule has 0 bridgehead atoms. The maximum atomic E-state index is 12.1. The average Bonchev–Trinajstić information content (AvgIpc) is 2.44. The third-order valence-corrected chi connectivity index (χ3v) is 5.23. The zero-order chi connectivity index (χ0) is 15.7. The molecule has 0 heterocycles. The summed E-state index contributed by atoms with van der Waals surface area (Å²) in [6.07, 6.45) is 1.55. The second-order valence-corrected chi connectivity index (χ2v) is 7.24. The minimum Gasteiger partial charge on any atom is -0.382 e. The molecule has 0 aliphatic rings. The molecule has 0 saturated heterocycles. The fourth-order valence-corrected chi connectivity index (χ4v) is 3.05. The standard InChI is InChI=1S/C14H22BrNO4S/c1-12-11-13(5-6-14(12)15)21(17,18)16-7-3-4-8-20-10-9-19-2/h5-6,11,16H,3-4,7-10H2,1-2H3. The summed E-state index contributed by atoms with van der Waals surface area (Å²) in [5.74, 6) is 0. The van der Waals surface area contributed by atoms with Gasteiger partial charge in [-0.25, -0.2) is 13.1 Å². The normalized spacial score (nSPS) is 11.8. The molecule has 120 valence electrons. The zero-order valence-corrected chi connectivity index (χ0v) is 14.8. The Morgan fingerprint density at radius 1 is 1.19 bits per heavy atom. The lowest BCUT2D eigenvalue weighted by atomic mass is 10.2. The van der Waals surface area contributed by atoms with Crippen molar-refractivity contribution in [3.8, 4) is 0 Å². The number of nitrogens with one attached hydrogen (secondary N) is 1. The summed E-state index contributed by atoms with van der Waals surface area (Å²) in [6.45, 7) is 4.03. The Bertz CT molecular complexity index is 534. The first-order chi connectivity index (χ1) is 9.97. The predicted molar refractivity (Wildman–Crippen MR) is 86.0 cm³/mol. The summed E-state index contributed by atoms with van der Waals surface area (Å²) >= 11 is 3.36. The lowest BCUT2D eigenvalue weighted by molar-refractivity contribution is 0.0689. The molecule has 5 nitrogen and oxygen atoms in total. The van der Waals surface area contributed by atoms with Gasteiger partial charge in [0, 0.05) is 24.7 Å². The largest absolute Gasteiger partial charge is 0.382 e. The second kappa shape index (κ2) is 9.53. The Balaban J connectivity index is 2.31. The lowest BCUT2D eigenvalue weighted by Crippen LogP contribution is -2.25. The molecule has 0 aliphatic carbocycles. The summed E-state index contributed by atoms with van der Waals surface area (Å²) < 4.78 is 37.9. The number of ether oxygens (including phenoxy) is 2. The van der Waals surface area contributed by atoms with Crippen LogP contribution in [0.4, 0.5) is 0 Å². The van der Waals surface area contributed by atoms with Crippen molar-refractivity contribution in [1.82, 2.24) is 4.72 Å². The average molecular weight is 380 g/mol. The van der Waals surface area contributed by atoms with Crippen LogP contribution in [0.5, 0.6) is 0 Å². The third-order valence-electron chi connectivity index (χ3n) is 2.88. The van der Waals surface area contributed by atoms with Crippen molar-refractivity contribution in [3.63, 3.8) is 0 Å². The first-order valence-electron chi connectivity index (χ1n) is 6.80. The summed E-state index contributed by atoms with van der Waals surface area (Å²) in [7, 11) is -1.81. The first kappa shape index (κ1) is 18.6. The lowest BCUT2D eigenvalue weighted by Gasteiger charge is -2.08. The van der Waals surface area contributed by atoms with E-state index in [4.69, 9.17) is 9.47 Å². The number of rotatable bonds is 10. The molecule has 7 heteroatoms. The molecule has 1 N–H and O–H groups in total. The predicted octanol–water partition coefficient (Wildman–Crippen LogP) is 2.48. The van der Waals surface area contributed by atoms with Crippen LogP contribution in [0.1, 0.15) is 18.4 Å². The van der Waals surface area contributed by atoms with Crippen molar-refractivity contribution in [3.05, 3.63) is 28.2 Å². The number of unbranched alkanes of at least 4 members (excludes halogenated alkanes) is 1. The van der Waals surface area contributed by atoms with Gasteiger partial charge in [-0.3, -0.25) is 0 Å². The van der Waals surface area contributed by atoms with Gasteiger partial charge in [0.2, 0.25) is 10.0 Å². The number of methoxy groups -OCH3 is 1. The van der Waals surface area contributed by atoms with Gasteiger partial charge in [-0.1, -0.05) is 15.9 Å². The number of aryl methyl sites for hydroxylation is 1. The third kappa shape index (κ3) is 6.88. The van der Waals surface area contributed by atoms with Crippen LogP contribution in [-0.2, 0) is 19.5 Å². The fraction of sp³-hybridized carbons (Fsp3) is 0.571. The maximum absolute atomic E-state index is 12.1. The molecular formula is C14H22BrNO4S. The molecule has 1 aromatic rings. The van der Waals surface area contributed by atoms with Gasteiger partial charge in [-0.15, -0.1) is 0 Å². The van der Waals surface area contributed by atoms with Crippen molar-refractivity contribution in [2.24, 2.45) is 0 Å². The molecule has 0 radical (unpaired) electrons. The minimum atomic E-state index is -3.43. The van der Waals surface area contributed by atoms with E-state index in [0.29, 0.717) is 31.3 Å². The highest BCUT2D eigenvalue weighted by Gasteiger charge is 2.13. The molecule has 0 amide bonds. The van der Waals surface area contributed by atoms with E-state index in [0.717, 1.165) is 22.9 Å². The summed E-state index contributed by atoms with van der Waals surface area (Å²) in [5.41, 5.74) is 0.893. The van der Waals surface area contributed by atoms with Crippen LogP contribution < -0.4 is 4.72 Å². The number of hydrogen-bond donors (Lipinski definition) is 1. The van der Waals surface area contributed by atoms with Crippen LogP contribution in [0, 0.1) is 6.92 Å². The zero-order valence-electron chi connectivity index (χ0n) is 12.4. The van der Waals surface area contributed by atoms with Gasteiger partial charge >= 0.3 is 0 Å². The van der Waals surface area contributed by atoms with Crippen molar-refractivity contribution >= 4 is 26.0 Å². The molecule has 0 saturated carbocycles. The minimum absolute atomic E-state index is 0.291. The van der Waals surface area contributed by atoms with E-state index >= 15 is 0 Å². The van der Waals surface area contributed by atoms with Gasteiger partial charge < -0.3 is 9.47 Å². The highest BCUT2D eigenvalue weighted by atomic mass is 79.9. The Morgan fingerprint density at radius 2 is 1.95 bits per heavy atom. The summed E-state index contributed by atoms with van der Waals surface area (Å²) in [6, 6.07) is 4.99. The Kier molecular flexibility index (Phi) is 8.43. The monoisotopic (exact) mass is 379 g/mol. The van der Waals surface area contributed by atoms with Gasteiger partial charge in [-0.2, -0.15) is 0 Å². The van der Waals surface area contributed by atoms with Crippen molar-refractivity contribution < 1.29 is 17.9 Å². The van der Waals surface area contributed by atoms with E-state index in [2.05, 4.69) is 20.7 Å². The van der Waals surface area contributed by atoms with E-state index < -0.39 is 10.0 Å². The fourth-order valence-electron chi connectivity index (χ4n) is 1.65. The molecule has 1 aromatic carbocycles. The number of benzene rings is 1. The van der Waals surface area contributed by atoms with Crippen LogP contribution in [-0.4, -0.2) is 41.9 Å². The highest BCUT2D eigenvalue weighted by molar-refractivity contribution is 9.10. The summed E-state index contributed by atoms with van der Waals surface area (Å²) in [4.78, 5) is 0.291. The van der Waals surface area contributed by atoms with E-state index in [1.165, 1.54) is 0 Å². The van der Waals surface area contributed by atoms with Crippen LogP contribution in [0.2, 0.25) is 0 Å². The highest BCUT2D eigenvalue weighted by Crippen LogP contribution is 2.19. The number of halogens is 1. The van der Waals surface area contributed by atoms with Crippen molar-refractivity contribution in [2.75, 3.05) is 33.5 Å². The Morgan fingerprint density at radius 3 is 2.62 bits per heavy atom. The molecule has 0 unspecified atom stereocenters.